The van der Waals surface area contributed by atoms with Crippen molar-refractivity contribution in [3.05, 3.63) is 59.7 Å². The van der Waals surface area contributed by atoms with E-state index in [4.69, 9.17) is 0 Å². The maximum Gasteiger partial charge on any atom is 0.00206 e. The Kier molecular flexibility index (Phi) is 3.88. The lowest BCUT2D eigenvalue weighted by atomic mass is 9.87. The zero-order valence-corrected chi connectivity index (χ0v) is 12.4. The van der Waals surface area contributed by atoms with E-state index in [1.807, 2.05) is 0 Å². The summed E-state index contributed by atoms with van der Waals surface area (Å²) in [5.74, 6) is 1.24. The van der Waals surface area contributed by atoms with Gasteiger partial charge in [-0.2, -0.15) is 0 Å². The van der Waals surface area contributed by atoms with Crippen molar-refractivity contribution in [1.29, 1.82) is 0 Å². The largest absolute Gasteiger partial charge is 0.316 e. The van der Waals surface area contributed by atoms with E-state index < -0.39 is 0 Å². The third-order valence-electron chi connectivity index (χ3n) is 4.32. The van der Waals surface area contributed by atoms with Crippen LogP contribution < -0.4 is 5.32 Å². The Hall–Kier alpha value is -1.60. The first-order valence-corrected chi connectivity index (χ1v) is 7.65. The van der Waals surface area contributed by atoms with E-state index in [0.29, 0.717) is 11.8 Å². The van der Waals surface area contributed by atoms with Gasteiger partial charge in [0.2, 0.25) is 0 Å². The molecule has 0 aliphatic carbocycles. The molecular formula is C19H23N. The Bertz CT molecular complexity index is 566. The maximum atomic E-state index is 3.47. The molecule has 1 aliphatic rings. The fraction of sp³-hybridized carbons (Fsp3) is 0.368. The van der Waals surface area contributed by atoms with Crippen LogP contribution in [0, 0.1) is 0 Å². The normalized spacial score (nSPS) is 18.6. The smallest absolute Gasteiger partial charge is 0.00206 e. The molecule has 0 saturated carbocycles. The molecule has 3 rings (SSSR count). The zero-order valence-electron chi connectivity index (χ0n) is 12.4. The molecule has 1 fully saturated rings. The number of benzene rings is 2. The molecule has 1 aliphatic heterocycles. The quantitative estimate of drug-likeness (QED) is 0.858. The van der Waals surface area contributed by atoms with Crippen molar-refractivity contribution in [2.45, 2.75) is 32.1 Å². The van der Waals surface area contributed by atoms with Gasteiger partial charge >= 0.3 is 0 Å². The lowest BCUT2D eigenvalue weighted by Crippen LogP contribution is -2.08. The monoisotopic (exact) mass is 265 g/mol. The average Bonchev–Trinajstić information content (AvgIpc) is 3.02. The number of rotatable bonds is 3. The van der Waals surface area contributed by atoms with Crippen LogP contribution in [-0.2, 0) is 0 Å². The summed E-state index contributed by atoms with van der Waals surface area (Å²) in [5, 5.41) is 3.47. The minimum atomic E-state index is 0.556. The van der Waals surface area contributed by atoms with E-state index in [-0.39, 0.29) is 0 Å². The molecule has 1 nitrogen and oxygen atoms in total. The van der Waals surface area contributed by atoms with Crippen molar-refractivity contribution in [3.8, 4) is 11.1 Å². The van der Waals surface area contributed by atoms with Gasteiger partial charge in [0.15, 0.2) is 0 Å². The minimum Gasteiger partial charge on any atom is -0.316 e. The summed E-state index contributed by atoms with van der Waals surface area (Å²) in [7, 11) is 0. The highest BCUT2D eigenvalue weighted by atomic mass is 14.9. The molecular weight excluding hydrogens is 242 g/mol. The molecule has 104 valence electrons. The number of hydrogen-bond acceptors (Lipinski definition) is 1. The second-order valence-corrected chi connectivity index (χ2v) is 6.06. The molecule has 1 heterocycles. The predicted octanol–water partition coefficient (Wildman–Crippen LogP) is 4.55. The van der Waals surface area contributed by atoms with Gasteiger partial charge in [-0.3, -0.25) is 0 Å². The van der Waals surface area contributed by atoms with Gasteiger partial charge in [-0.25, -0.2) is 0 Å². The summed E-state index contributed by atoms with van der Waals surface area (Å²) < 4.78 is 0. The second kappa shape index (κ2) is 5.80. The van der Waals surface area contributed by atoms with Crippen LogP contribution in [-0.4, -0.2) is 13.1 Å². The van der Waals surface area contributed by atoms with Crippen LogP contribution in [0.3, 0.4) is 0 Å². The molecule has 0 bridgehead atoms. The topological polar surface area (TPSA) is 12.0 Å². The van der Waals surface area contributed by atoms with Crippen LogP contribution in [0.5, 0.6) is 0 Å². The molecule has 1 N–H and O–H groups in total. The SMILES string of the molecule is CC(C)c1ccc(C2CCNC2)cc1-c1ccccc1. The molecule has 2 aromatic carbocycles. The molecule has 0 spiro atoms. The Balaban J connectivity index is 2.06. The Morgan fingerprint density at radius 1 is 1.05 bits per heavy atom. The highest BCUT2D eigenvalue weighted by molar-refractivity contribution is 5.69. The van der Waals surface area contributed by atoms with Crippen LogP contribution in [0.1, 0.15) is 43.2 Å². The van der Waals surface area contributed by atoms with E-state index in [1.165, 1.54) is 28.7 Å². The molecule has 20 heavy (non-hydrogen) atoms. The van der Waals surface area contributed by atoms with E-state index in [2.05, 4.69) is 67.7 Å². The van der Waals surface area contributed by atoms with Crippen molar-refractivity contribution >= 4 is 0 Å². The van der Waals surface area contributed by atoms with Crippen molar-refractivity contribution in [2.24, 2.45) is 0 Å². The third kappa shape index (κ3) is 2.64. The van der Waals surface area contributed by atoms with Gasteiger partial charge in [-0.1, -0.05) is 62.4 Å². The molecule has 0 aromatic heterocycles. The molecule has 1 atom stereocenters. The van der Waals surface area contributed by atoms with Crippen molar-refractivity contribution in [1.82, 2.24) is 5.32 Å². The summed E-state index contributed by atoms with van der Waals surface area (Å²) in [5.41, 5.74) is 5.68. The Morgan fingerprint density at radius 3 is 2.50 bits per heavy atom. The van der Waals surface area contributed by atoms with Gasteiger partial charge in [-0.15, -0.1) is 0 Å². The van der Waals surface area contributed by atoms with E-state index in [1.54, 1.807) is 0 Å². The summed E-state index contributed by atoms with van der Waals surface area (Å²) in [6.45, 7) is 6.82. The highest BCUT2D eigenvalue weighted by Gasteiger charge is 2.18. The predicted molar refractivity (Wildman–Crippen MR) is 86.2 cm³/mol. The van der Waals surface area contributed by atoms with E-state index in [9.17, 15) is 0 Å². The van der Waals surface area contributed by atoms with Crippen molar-refractivity contribution in [2.75, 3.05) is 13.1 Å². The average molecular weight is 265 g/mol. The van der Waals surface area contributed by atoms with Gasteiger partial charge in [0.05, 0.1) is 0 Å². The maximum absolute atomic E-state index is 3.47. The first kappa shape index (κ1) is 13.4. The van der Waals surface area contributed by atoms with Crippen LogP contribution in [0.4, 0.5) is 0 Å². The van der Waals surface area contributed by atoms with Crippen LogP contribution in [0.2, 0.25) is 0 Å². The number of nitrogens with one attached hydrogen (secondary N) is 1. The summed E-state index contributed by atoms with van der Waals surface area (Å²) in [6.07, 6.45) is 1.26. The van der Waals surface area contributed by atoms with Gasteiger partial charge in [0.1, 0.15) is 0 Å². The minimum absolute atomic E-state index is 0.556. The lowest BCUT2D eigenvalue weighted by Gasteiger charge is -2.17. The van der Waals surface area contributed by atoms with E-state index in [0.717, 1.165) is 13.1 Å². The van der Waals surface area contributed by atoms with E-state index >= 15 is 0 Å². The van der Waals surface area contributed by atoms with Gasteiger partial charge in [-0.05, 0) is 47.1 Å². The highest BCUT2D eigenvalue weighted by Crippen LogP contribution is 2.33. The fourth-order valence-electron chi connectivity index (χ4n) is 3.14. The second-order valence-electron chi connectivity index (χ2n) is 6.06. The standard InChI is InChI=1S/C19H23N/c1-14(2)18-9-8-16(17-10-11-20-13-17)12-19(18)15-6-4-3-5-7-15/h3-9,12,14,17,20H,10-11,13H2,1-2H3. The zero-order chi connectivity index (χ0) is 13.9. The lowest BCUT2D eigenvalue weighted by molar-refractivity contribution is 0.761. The first-order valence-electron chi connectivity index (χ1n) is 7.65. The van der Waals surface area contributed by atoms with Crippen LogP contribution >= 0.6 is 0 Å². The van der Waals surface area contributed by atoms with Gasteiger partial charge in [0, 0.05) is 6.54 Å². The molecule has 0 amide bonds. The molecule has 0 radical (unpaired) electrons. The molecule has 1 saturated heterocycles. The van der Waals surface area contributed by atoms with Gasteiger partial charge < -0.3 is 5.32 Å². The number of hydrogen-bond donors (Lipinski definition) is 1. The summed E-state index contributed by atoms with van der Waals surface area (Å²) >= 11 is 0. The Morgan fingerprint density at radius 2 is 1.85 bits per heavy atom. The summed E-state index contributed by atoms with van der Waals surface area (Å²) in [6, 6.07) is 17.9. The first-order chi connectivity index (χ1) is 9.75. The van der Waals surface area contributed by atoms with Crippen molar-refractivity contribution in [3.63, 3.8) is 0 Å². The fourth-order valence-corrected chi connectivity index (χ4v) is 3.14. The Labute approximate surface area is 122 Å². The summed E-state index contributed by atoms with van der Waals surface area (Å²) in [4.78, 5) is 0. The van der Waals surface area contributed by atoms with Crippen molar-refractivity contribution < 1.29 is 0 Å². The van der Waals surface area contributed by atoms with Crippen LogP contribution in [0.15, 0.2) is 48.5 Å². The molecule has 1 unspecified atom stereocenters. The van der Waals surface area contributed by atoms with Crippen LogP contribution in [0.25, 0.3) is 11.1 Å². The molecule has 1 heteroatoms. The third-order valence-corrected chi connectivity index (χ3v) is 4.32. The van der Waals surface area contributed by atoms with Gasteiger partial charge in [0.25, 0.3) is 0 Å². The molecule has 2 aromatic rings.